The monoisotopic (exact) mass is 439 g/mol. The highest BCUT2D eigenvalue weighted by Crippen LogP contribution is 2.38. The largest absolute Gasteiger partial charge is 0.379 e. The van der Waals surface area contributed by atoms with Crippen molar-refractivity contribution in [2.45, 2.75) is 29.4 Å². The zero-order valence-corrected chi connectivity index (χ0v) is 18.0. The van der Waals surface area contributed by atoms with Gasteiger partial charge in [0, 0.05) is 53.9 Å². The molecule has 0 bridgehead atoms. The average Bonchev–Trinajstić information content (AvgIpc) is 3.23. The molecule has 2 fully saturated rings. The second-order valence-corrected chi connectivity index (χ2v) is 10.4. The van der Waals surface area contributed by atoms with E-state index in [0.717, 1.165) is 48.1 Å². The topological polar surface area (TPSA) is 84.4 Å². The summed E-state index contributed by atoms with van der Waals surface area (Å²) in [6.07, 6.45) is 8.35. The van der Waals surface area contributed by atoms with Crippen LogP contribution in [-0.2, 0) is 14.6 Å². The molecule has 5 rings (SSSR count). The summed E-state index contributed by atoms with van der Waals surface area (Å²) in [5.74, 6) is 0. The number of benzene rings is 1. The molecule has 0 spiro atoms. The molecule has 31 heavy (non-hydrogen) atoms. The van der Waals surface area contributed by atoms with Crippen molar-refractivity contribution in [3.8, 4) is 11.1 Å². The van der Waals surface area contributed by atoms with E-state index < -0.39 is 15.1 Å². The van der Waals surface area contributed by atoms with E-state index in [1.807, 2.05) is 12.1 Å². The fourth-order valence-electron chi connectivity index (χ4n) is 4.42. The molecule has 2 aliphatic heterocycles. The minimum Gasteiger partial charge on any atom is -0.379 e. The predicted octanol–water partition coefficient (Wildman–Crippen LogP) is 3.26. The van der Waals surface area contributed by atoms with Gasteiger partial charge in [-0.15, -0.1) is 0 Å². The van der Waals surface area contributed by atoms with Crippen LogP contribution in [0.15, 0.2) is 52.9 Å². The van der Waals surface area contributed by atoms with Crippen LogP contribution in [0.2, 0.25) is 0 Å². The molecule has 0 saturated carbocycles. The third-order valence-electron chi connectivity index (χ3n) is 6.28. The van der Waals surface area contributed by atoms with Crippen LogP contribution in [0.1, 0.15) is 19.3 Å². The number of nitrogens with zero attached hydrogens (tertiary/aromatic N) is 2. The molecule has 0 radical (unpaired) electrons. The molecule has 3 aromatic rings. The number of anilines is 1. The molecular formula is C23H25N3O4S. The van der Waals surface area contributed by atoms with Gasteiger partial charge in [-0.25, -0.2) is 8.42 Å². The third-order valence-corrected chi connectivity index (χ3v) is 8.34. The number of H-pyrrole nitrogens is 1. The van der Waals surface area contributed by atoms with Gasteiger partial charge >= 0.3 is 0 Å². The number of hydrogen-bond acceptors (Lipinski definition) is 5. The SMILES string of the molecule is C=Cn1cc(-c2cc(S(=O)(=O)C3COC3)ccc2N2CCCCC2)c2cc[nH]c2c1=O. The van der Waals surface area contributed by atoms with Crippen molar-refractivity contribution < 1.29 is 13.2 Å². The van der Waals surface area contributed by atoms with E-state index in [9.17, 15) is 13.2 Å². The molecule has 1 N–H and O–H groups in total. The molecule has 2 saturated heterocycles. The summed E-state index contributed by atoms with van der Waals surface area (Å²) in [5, 5.41) is 0.262. The van der Waals surface area contributed by atoms with Gasteiger partial charge in [0.25, 0.3) is 5.56 Å². The second-order valence-electron chi connectivity index (χ2n) is 8.14. The number of pyridine rings is 1. The molecule has 0 unspecified atom stereocenters. The molecule has 0 atom stereocenters. The molecule has 162 valence electrons. The maximum absolute atomic E-state index is 13.1. The Labute approximate surface area is 180 Å². The summed E-state index contributed by atoms with van der Waals surface area (Å²) >= 11 is 0. The zero-order chi connectivity index (χ0) is 21.6. The lowest BCUT2D eigenvalue weighted by Gasteiger charge is -2.32. The molecule has 2 aliphatic rings. The standard InChI is InChI=1S/C23H25N3O4S/c1-2-25-13-20(18-8-9-24-22(18)23(25)27)19-12-16(31(28,29)17-14-30-15-17)6-7-21(19)26-10-4-3-5-11-26/h2,6-9,12-13,17,24H,1,3-5,10-11,14-15H2. The van der Waals surface area contributed by atoms with Gasteiger partial charge in [-0.1, -0.05) is 6.58 Å². The first kappa shape index (κ1) is 20.1. The lowest BCUT2D eigenvalue weighted by Crippen LogP contribution is -2.40. The highest BCUT2D eigenvalue weighted by atomic mass is 32.2. The Bertz CT molecular complexity index is 1310. The summed E-state index contributed by atoms with van der Waals surface area (Å²) < 4.78 is 32.8. The Hall–Kier alpha value is -2.84. The Balaban J connectivity index is 1.76. The summed E-state index contributed by atoms with van der Waals surface area (Å²) in [6, 6.07) is 7.24. The van der Waals surface area contributed by atoms with E-state index in [-0.39, 0.29) is 23.7 Å². The number of fused-ring (bicyclic) bond motifs is 1. The van der Waals surface area contributed by atoms with Crippen molar-refractivity contribution in [3.63, 3.8) is 0 Å². The van der Waals surface area contributed by atoms with Crippen molar-refractivity contribution in [2.75, 3.05) is 31.2 Å². The molecule has 0 aliphatic carbocycles. The van der Waals surface area contributed by atoms with Crippen LogP contribution >= 0.6 is 0 Å². The number of piperidine rings is 1. The van der Waals surface area contributed by atoms with Gasteiger partial charge < -0.3 is 14.6 Å². The third kappa shape index (κ3) is 3.30. The number of sulfone groups is 1. The molecule has 7 nitrogen and oxygen atoms in total. The summed E-state index contributed by atoms with van der Waals surface area (Å²) in [5.41, 5.74) is 2.89. The van der Waals surface area contributed by atoms with E-state index in [4.69, 9.17) is 4.74 Å². The Morgan fingerprint density at radius 2 is 1.87 bits per heavy atom. The first-order chi connectivity index (χ1) is 15.0. The number of hydrogen-bond donors (Lipinski definition) is 1. The van der Waals surface area contributed by atoms with Crippen molar-refractivity contribution in [1.82, 2.24) is 9.55 Å². The van der Waals surface area contributed by atoms with Gasteiger partial charge in [0.2, 0.25) is 0 Å². The van der Waals surface area contributed by atoms with Crippen LogP contribution in [0.5, 0.6) is 0 Å². The fraction of sp³-hybridized carbons (Fsp3) is 0.348. The van der Waals surface area contributed by atoms with Crippen LogP contribution < -0.4 is 10.5 Å². The normalized spacial score (nSPS) is 17.6. The lowest BCUT2D eigenvalue weighted by atomic mass is 9.99. The van der Waals surface area contributed by atoms with E-state index >= 15 is 0 Å². The van der Waals surface area contributed by atoms with Crippen molar-refractivity contribution >= 4 is 32.6 Å². The molecule has 0 amide bonds. The van der Waals surface area contributed by atoms with E-state index in [1.165, 1.54) is 17.2 Å². The first-order valence-electron chi connectivity index (χ1n) is 10.6. The number of aromatic amines is 1. The minimum atomic E-state index is -3.48. The Morgan fingerprint density at radius 3 is 2.55 bits per heavy atom. The molecular weight excluding hydrogens is 414 g/mol. The molecule has 1 aromatic carbocycles. The number of rotatable bonds is 5. The van der Waals surface area contributed by atoms with E-state index in [1.54, 1.807) is 24.5 Å². The predicted molar refractivity (Wildman–Crippen MR) is 122 cm³/mol. The van der Waals surface area contributed by atoms with Crippen molar-refractivity contribution in [3.05, 3.63) is 53.6 Å². The van der Waals surface area contributed by atoms with Crippen LogP contribution in [0.3, 0.4) is 0 Å². The van der Waals surface area contributed by atoms with Crippen LogP contribution in [-0.4, -0.2) is 49.5 Å². The fourth-order valence-corrected chi connectivity index (χ4v) is 5.90. The zero-order valence-electron chi connectivity index (χ0n) is 17.2. The van der Waals surface area contributed by atoms with Gasteiger partial charge in [0.15, 0.2) is 9.84 Å². The van der Waals surface area contributed by atoms with Crippen LogP contribution in [0, 0.1) is 0 Å². The Morgan fingerprint density at radius 1 is 1.10 bits per heavy atom. The van der Waals surface area contributed by atoms with Crippen molar-refractivity contribution in [1.29, 1.82) is 0 Å². The Kier molecular flexibility index (Phi) is 4.98. The van der Waals surface area contributed by atoms with Crippen molar-refractivity contribution in [2.24, 2.45) is 0 Å². The maximum atomic E-state index is 13.1. The summed E-state index contributed by atoms with van der Waals surface area (Å²) in [6.45, 7) is 6.07. The summed E-state index contributed by atoms with van der Waals surface area (Å²) in [4.78, 5) is 18.3. The van der Waals surface area contributed by atoms with Gasteiger partial charge in [0.1, 0.15) is 10.8 Å². The minimum absolute atomic E-state index is 0.186. The van der Waals surface area contributed by atoms with Gasteiger partial charge in [-0.2, -0.15) is 0 Å². The van der Waals surface area contributed by atoms with E-state index in [2.05, 4.69) is 16.5 Å². The lowest BCUT2D eigenvalue weighted by molar-refractivity contribution is 0.0416. The maximum Gasteiger partial charge on any atom is 0.278 e. The molecule has 4 heterocycles. The average molecular weight is 440 g/mol. The molecule has 2 aromatic heterocycles. The first-order valence-corrected chi connectivity index (χ1v) is 12.1. The smallest absolute Gasteiger partial charge is 0.278 e. The second kappa shape index (κ2) is 7.69. The number of nitrogens with one attached hydrogen (secondary N) is 1. The highest BCUT2D eigenvalue weighted by Gasteiger charge is 2.34. The summed E-state index contributed by atoms with van der Waals surface area (Å²) in [7, 11) is -3.48. The number of aromatic nitrogens is 2. The number of ether oxygens (including phenoxy) is 1. The van der Waals surface area contributed by atoms with Crippen LogP contribution in [0.4, 0.5) is 5.69 Å². The highest BCUT2D eigenvalue weighted by molar-refractivity contribution is 7.92. The molecule has 8 heteroatoms. The quantitative estimate of drug-likeness (QED) is 0.660. The van der Waals surface area contributed by atoms with Crippen LogP contribution in [0.25, 0.3) is 28.2 Å². The van der Waals surface area contributed by atoms with Gasteiger partial charge in [-0.05, 0) is 43.5 Å². The van der Waals surface area contributed by atoms with Gasteiger partial charge in [-0.3, -0.25) is 9.36 Å². The van der Waals surface area contributed by atoms with Gasteiger partial charge in [0.05, 0.1) is 18.1 Å². The van der Waals surface area contributed by atoms with E-state index in [0.29, 0.717) is 5.52 Å².